The lowest BCUT2D eigenvalue weighted by Crippen LogP contribution is -2.24. The summed E-state index contributed by atoms with van der Waals surface area (Å²) >= 11 is 0. The van der Waals surface area contributed by atoms with Gasteiger partial charge in [-0.2, -0.15) is 0 Å². The summed E-state index contributed by atoms with van der Waals surface area (Å²) in [4.78, 5) is 13.8. The van der Waals surface area contributed by atoms with Crippen molar-refractivity contribution in [2.45, 2.75) is 33.4 Å². The molecule has 0 saturated carbocycles. The van der Waals surface area contributed by atoms with E-state index in [4.69, 9.17) is 9.47 Å². The lowest BCUT2D eigenvalue weighted by Gasteiger charge is -2.20. The molecule has 4 aromatic rings. The van der Waals surface area contributed by atoms with Crippen LogP contribution in [0, 0.1) is 12.8 Å². The van der Waals surface area contributed by atoms with Crippen LogP contribution in [0.1, 0.15) is 42.2 Å². The van der Waals surface area contributed by atoms with Gasteiger partial charge in [0, 0.05) is 16.5 Å². The minimum absolute atomic E-state index is 0.0267. The summed E-state index contributed by atoms with van der Waals surface area (Å²) in [7, 11) is 1.66. The van der Waals surface area contributed by atoms with Crippen LogP contribution in [0.5, 0.6) is 5.75 Å². The van der Waals surface area contributed by atoms with Gasteiger partial charge in [0.2, 0.25) is 0 Å². The van der Waals surface area contributed by atoms with Crippen molar-refractivity contribution < 1.29 is 9.47 Å². The maximum absolute atomic E-state index is 13.8. The topological polar surface area (TPSA) is 40.5 Å². The summed E-state index contributed by atoms with van der Waals surface area (Å²) < 4.78 is 13.7. The first-order valence-corrected chi connectivity index (χ1v) is 11.5. The Labute approximate surface area is 194 Å². The zero-order valence-electron chi connectivity index (χ0n) is 19.6. The van der Waals surface area contributed by atoms with Gasteiger partial charge in [-0.05, 0) is 47.6 Å². The molecule has 0 unspecified atom stereocenters. The molecular weight excluding hydrogens is 410 g/mol. The van der Waals surface area contributed by atoms with Gasteiger partial charge in [0.25, 0.3) is 5.56 Å². The Morgan fingerprint density at radius 2 is 1.73 bits per heavy atom. The lowest BCUT2D eigenvalue weighted by atomic mass is 9.99. The molecule has 1 aliphatic carbocycles. The summed E-state index contributed by atoms with van der Waals surface area (Å²) in [5, 5.41) is 1.73. The molecule has 1 aromatic heterocycles. The molecule has 1 aliphatic rings. The Hall–Kier alpha value is -3.37. The molecule has 4 nitrogen and oxygen atoms in total. The van der Waals surface area contributed by atoms with Crippen LogP contribution in [0.25, 0.3) is 22.0 Å². The minimum atomic E-state index is -0.189. The molecule has 168 valence electrons. The second kappa shape index (κ2) is 8.53. The van der Waals surface area contributed by atoms with Crippen molar-refractivity contribution in [1.29, 1.82) is 0 Å². The zero-order valence-corrected chi connectivity index (χ0v) is 19.6. The Bertz CT molecular complexity index is 1380. The Morgan fingerprint density at radius 1 is 0.970 bits per heavy atom. The molecule has 0 bridgehead atoms. The fraction of sp³-hybridized carbons (Fsp3) is 0.276. The molecule has 1 atom stereocenters. The van der Waals surface area contributed by atoms with Crippen LogP contribution in [-0.4, -0.2) is 18.3 Å². The van der Waals surface area contributed by atoms with Gasteiger partial charge in [-0.25, -0.2) is 0 Å². The van der Waals surface area contributed by atoms with E-state index in [1.807, 2.05) is 47.0 Å². The summed E-state index contributed by atoms with van der Waals surface area (Å²) in [6, 6.07) is 22.3. The lowest BCUT2D eigenvalue weighted by molar-refractivity contribution is 0.0634. The van der Waals surface area contributed by atoms with Gasteiger partial charge in [-0.3, -0.25) is 4.79 Å². The molecule has 0 N–H and O–H groups in total. The van der Waals surface area contributed by atoms with E-state index < -0.39 is 0 Å². The molecule has 0 radical (unpaired) electrons. The van der Waals surface area contributed by atoms with Crippen molar-refractivity contribution in [1.82, 2.24) is 4.57 Å². The molecule has 0 spiro atoms. The smallest absolute Gasteiger partial charge is 0.259 e. The van der Waals surface area contributed by atoms with Gasteiger partial charge >= 0.3 is 0 Å². The largest absolute Gasteiger partial charge is 0.497 e. The number of rotatable bonds is 6. The Morgan fingerprint density at radius 3 is 2.45 bits per heavy atom. The average Bonchev–Trinajstić information content (AvgIpc) is 3.15. The van der Waals surface area contributed by atoms with Crippen molar-refractivity contribution in [3.05, 3.63) is 99.3 Å². The van der Waals surface area contributed by atoms with Crippen LogP contribution >= 0.6 is 0 Å². The van der Waals surface area contributed by atoms with Crippen molar-refractivity contribution in [3.63, 3.8) is 0 Å². The number of aromatic nitrogens is 1. The predicted molar refractivity (Wildman–Crippen MR) is 133 cm³/mol. The van der Waals surface area contributed by atoms with Gasteiger partial charge in [0.05, 0.1) is 26.0 Å². The number of ether oxygens (including phenoxy) is 2. The first kappa shape index (κ1) is 21.5. The molecule has 0 fully saturated rings. The SMILES string of the molecule is COc1ccc(Cn2c3c(c4cc(C)ccc4c2=O)[C@@H](OCC(C)C)c2ccccc2-3)cc1. The summed E-state index contributed by atoms with van der Waals surface area (Å²) in [6.07, 6.45) is -0.189. The molecule has 5 rings (SSSR count). The number of fused-ring (bicyclic) bond motifs is 5. The minimum Gasteiger partial charge on any atom is -0.497 e. The fourth-order valence-electron chi connectivity index (χ4n) is 4.77. The molecule has 3 aromatic carbocycles. The second-order valence-corrected chi connectivity index (χ2v) is 9.25. The molecule has 0 saturated heterocycles. The van der Waals surface area contributed by atoms with E-state index in [0.717, 1.165) is 50.0 Å². The fourth-order valence-corrected chi connectivity index (χ4v) is 4.77. The van der Waals surface area contributed by atoms with Crippen LogP contribution in [0.2, 0.25) is 0 Å². The van der Waals surface area contributed by atoms with E-state index in [-0.39, 0.29) is 11.7 Å². The molecule has 33 heavy (non-hydrogen) atoms. The first-order chi connectivity index (χ1) is 16.0. The molecule has 1 heterocycles. The normalized spacial score (nSPS) is 14.5. The molecular formula is C29H29NO3. The van der Waals surface area contributed by atoms with E-state index in [1.165, 1.54) is 0 Å². The van der Waals surface area contributed by atoms with Crippen molar-refractivity contribution in [2.24, 2.45) is 5.92 Å². The van der Waals surface area contributed by atoms with Crippen molar-refractivity contribution in [3.8, 4) is 17.0 Å². The van der Waals surface area contributed by atoms with Gasteiger partial charge in [-0.15, -0.1) is 0 Å². The van der Waals surface area contributed by atoms with Crippen LogP contribution < -0.4 is 10.3 Å². The standard InChI is InChI=1S/C29H29NO3/c1-18(2)17-33-28-23-8-6-5-7-22(23)27-26(28)25-15-19(3)9-14-24(25)29(31)30(27)16-20-10-12-21(32-4)13-11-20/h5-15,18,28H,16-17H2,1-4H3/t28-/m0/s1. The van der Waals surface area contributed by atoms with Crippen LogP contribution in [0.15, 0.2) is 71.5 Å². The highest BCUT2D eigenvalue weighted by molar-refractivity contribution is 5.94. The summed E-state index contributed by atoms with van der Waals surface area (Å²) in [5.74, 6) is 1.22. The number of methoxy groups -OCH3 is 1. The molecule has 0 aliphatic heterocycles. The van der Waals surface area contributed by atoms with Crippen molar-refractivity contribution in [2.75, 3.05) is 13.7 Å². The number of hydrogen-bond acceptors (Lipinski definition) is 3. The maximum atomic E-state index is 13.8. The third-order valence-corrected chi connectivity index (χ3v) is 6.32. The van der Waals surface area contributed by atoms with Gasteiger partial charge in [-0.1, -0.05) is 67.9 Å². The van der Waals surface area contributed by atoms with Crippen LogP contribution in [0.4, 0.5) is 0 Å². The van der Waals surface area contributed by atoms with E-state index in [2.05, 4.69) is 45.0 Å². The zero-order chi connectivity index (χ0) is 23.1. The van der Waals surface area contributed by atoms with E-state index in [1.54, 1.807) is 7.11 Å². The van der Waals surface area contributed by atoms with Gasteiger partial charge in [0.15, 0.2) is 0 Å². The highest BCUT2D eigenvalue weighted by Crippen LogP contribution is 2.47. The number of pyridine rings is 1. The van der Waals surface area contributed by atoms with Crippen LogP contribution in [0.3, 0.4) is 0 Å². The number of aryl methyl sites for hydroxylation is 1. The maximum Gasteiger partial charge on any atom is 0.259 e. The quantitative estimate of drug-likeness (QED) is 0.364. The molecule has 0 amide bonds. The van der Waals surface area contributed by atoms with Crippen molar-refractivity contribution >= 4 is 10.8 Å². The van der Waals surface area contributed by atoms with Gasteiger partial charge < -0.3 is 14.0 Å². The van der Waals surface area contributed by atoms with E-state index >= 15 is 0 Å². The Kier molecular flexibility index (Phi) is 5.55. The highest BCUT2D eigenvalue weighted by Gasteiger charge is 2.34. The number of benzene rings is 3. The molecule has 4 heteroatoms. The van der Waals surface area contributed by atoms with Gasteiger partial charge in [0.1, 0.15) is 11.9 Å². The summed E-state index contributed by atoms with van der Waals surface area (Å²) in [5.41, 5.74) is 6.49. The monoisotopic (exact) mass is 439 g/mol. The van der Waals surface area contributed by atoms with E-state index in [9.17, 15) is 4.79 Å². The highest BCUT2D eigenvalue weighted by atomic mass is 16.5. The number of hydrogen-bond donors (Lipinski definition) is 0. The van der Waals surface area contributed by atoms with Crippen LogP contribution in [-0.2, 0) is 11.3 Å². The Balaban J connectivity index is 1.78. The average molecular weight is 440 g/mol. The third kappa shape index (κ3) is 3.75. The first-order valence-electron chi connectivity index (χ1n) is 11.5. The third-order valence-electron chi connectivity index (χ3n) is 6.32. The predicted octanol–water partition coefficient (Wildman–Crippen LogP) is 6.11. The second-order valence-electron chi connectivity index (χ2n) is 9.25. The van der Waals surface area contributed by atoms with E-state index in [0.29, 0.717) is 19.1 Å². The number of nitrogens with zero attached hydrogens (tertiary/aromatic N) is 1. The summed E-state index contributed by atoms with van der Waals surface area (Å²) in [6.45, 7) is 7.54.